The monoisotopic (exact) mass is 380 g/mol. The second kappa shape index (κ2) is 9.31. The van der Waals surface area contributed by atoms with Crippen LogP contribution in [0.3, 0.4) is 0 Å². The maximum Gasteiger partial charge on any atom is 0.260 e. The summed E-state index contributed by atoms with van der Waals surface area (Å²) < 4.78 is 10.7. The lowest BCUT2D eigenvalue weighted by Crippen LogP contribution is -2.36. The minimum atomic E-state index is -0.455. The van der Waals surface area contributed by atoms with Gasteiger partial charge in [0.15, 0.2) is 6.61 Å². The lowest BCUT2D eigenvalue weighted by molar-refractivity contribution is -0.134. The summed E-state index contributed by atoms with van der Waals surface area (Å²) in [5.41, 5.74) is 6.94. The molecule has 8 heteroatoms. The quantitative estimate of drug-likeness (QED) is 0.608. The molecule has 0 bridgehead atoms. The van der Waals surface area contributed by atoms with E-state index >= 15 is 0 Å². The number of amides is 2. The zero-order valence-electron chi connectivity index (χ0n) is 15.2. The second-order valence-electron chi connectivity index (χ2n) is 6.07. The molecule has 0 spiro atoms. The Balaban J connectivity index is 1.59. The van der Waals surface area contributed by atoms with Gasteiger partial charge in [0.05, 0.1) is 0 Å². The summed E-state index contributed by atoms with van der Waals surface area (Å²) >= 11 is 0. The number of ether oxygens (including phenoxy) is 1. The summed E-state index contributed by atoms with van der Waals surface area (Å²) in [5.74, 6) is 0.253. The van der Waals surface area contributed by atoms with E-state index in [0.29, 0.717) is 18.2 Å². The summed E-state index contributed by atoms with van der Waals surface area (Å²) in [6.07, 6.45) is 1.35. The van der Waals surface area contributed by atoms with Gasteiger partial charge in [-0.1, -0.05) is 30.3 Å². The average molecular weight is 380 g/mol. The van der Waals surface area contributed by atoms with Crippen molar-refractivity contribution in [1.29, 1.82) is 0 Å². The van der Waals surface area contributed by atoms with Gasteiger partial charge in [-0.2, -0.15) is 0 Å². The standard InChI is InChI=1S/C20H20N4O4/c21-18(25)10-11-24(12-15-4-2-1-3-5-15)19(26)13-27-17-8-6-16(7-9-17)20-23-22-14-28-20/h1-9,14H,10-13H2,(H2,21,25). The summed E-state index contributed by atoms with van der Waals surface area (Å²) in [5, 5.41) is 7.47. The van der Waals surface area contributed by atoms with E-state index in [1.807, 2.05) is 30.3 Å². The zero-order valence-corrected chi connectivity index (χ0v) is 15.2. The predicted octanol–water partition coefficient (Wildman–Crippen LogP) is 2.02. The number of carbonyl (C=O) groups is 2. The van der Waals surface area contributed by atoms with Crippen LogP contribution in [0, 0.1) is 0 Å². The Morgan fingerprint density at radius 2 is 1.82 bits per heavy atom. The van der Waals surface area contributed by atoms with E-state index in [-0.39, 0.29) is 25.5 Å². The molecule has 3 aromatic rings. The molecule has 0 unspecified atom stereocenters. The van der Waals surface area contributed by atoms with E-state index in [1.54, 1.807) is 29.2 Å². The molecule has 28 heavy (non-hydrogen) atoms. The number of rotatable bonds is 9. The molecular formula is C20H20N4O4. The maximum absolute atomic E-state index is 12.6. The van der Waals surface area contributed by atoms with Crippen LogP contribution in [-0.4, -0.2) is 40.1 Å². The van der Waals surface area contributed by atoms with Crippen molar-refractivity contribution in [1.82, 2.24) is 15.1 Å². The molecule has 0 atom stereocenters. The molecular weight excluding hydrogens is 360 g/mol. The third kappa shape index (κ3) is 5.41. The predicted molar refractivity (Wildman–Crippen MR) is 101 cm³/mol. The van der Waals surface area contributed by atoms with Crippen molar-refractivity contribution >= 4 is 11.8 Å². The minimum absolute atomic E-state index is 0.0947. The fourth-order valence-corrected chi connectivity index (χ4v) is 2.57. The molecule has 2 N–H and O–H groups in total. The number of nitrogens with zero attached hydrogens (tertiary/aromatic N) is 3. The molecule has 2 aromatic carbocycles. The smallest absolute Gasteiger partial charge is 0.260 e. The summed E-state index contributed by atoms with van der Waals surface area (Å²) in [6.45, 7) is 0.473. The molecule has 0 aliphatic carbocycles. The Labute approximate surface area is 161 Å². The average Bonchev–Trinajstić information content (AvgIpc) is 3.25. The lowest BCUT2D eigenvalue weighted by atomic mass is 10.2. The van der Waals surface area contributed by atoms with Crippen molar-refractivity contribution in [2.24, 2.45) is 5.73 Å². The molecule has 3 rings (SSSR count). The van der Waals surface area contributed by atoms with Crippen molar-refractivity contribution in [2.45, 2.75) is 13.0 Å². The Morgan fingerprint density at radius 3 is 2.46 bits per heavy atom. The van der Waals surface area contributed by atoms with Gasteiger partial charge in [-0.3, -0.25) is 9.59 Å². The zero-order chi connectivity index (χ0) is 19.8. The minimum Gasteiger partial charge on any atom is -0.484 e. The van der Waals surface area contributed by atoms with Crippen LogP contribution in [-0.2, 0) is 16.1 Å². The van der Waals surface area contributed by atoms with Crippen molar-refractivity contribution < 1.29 is 18.7 Å². The van der Waals surface area contributed by atoms with E-state index in [0.717, 1.165) is 11.1 Å². The van der Waals surface area contributed by atoms with Gasteiger partial charge in [-0.05, 0) is 29.8 Å². The van der Waals surface area contributed by atoms with Gasteiger partial charge in [0, 0.05) is 25.1 Å². The molecule has 0 aliphatic rings. The summed E-state index contributed by atoms with van der Waals surface area (Å²) in [6, 6.07) is 16.5. The first-order chi connectivity index (χ1) is 13.6. The molecule has 2 amide bonds. The second-order valence-corrected chi connectivity index (χ2v) is 6.07. The molecule has 1 heterocycles. The number of primary amides is 1. The fraction of sp³-hybridized carbons (Fsp3) is 0.200. The van der Waals surface area contributed by atoms with E-state index in [9.17, 15) is 9.59 Å². The van der Waals surface area contributed by atoms with E-state index in [2.05, 4.69) is 10.2 Å². The van der Waals surface area contributed by atoms with Gasteiger partial charge in [0.1, 0.15) is 5.75 Å². The highest BCUT2D eigenvalue weighted by atomic mass is 16.5. The number of nitrogens with two attached hydrogens (primary N) is 1. The first kappa shape index (κ1) is 19.1. The van der Waals surface area contributed by atoms with Crippen LogP contribution in [0.1, 0.15) is 12.0 Å². The lowest BCUT2D eigenvalue weighted by Gasteiger charge is -2.22. The topological polar surface area (TPSA) is 112 Å². The van der Waals surface area contributed by atoms with Crippen molar-refractivity contribution in [2.75, 3.05) is 13.2 Å². The Bertz CT molecular complexity index is 896. The van der Waals surface area contributed by atoms with Gasteiger partial charge in [-0.15, -0.1) is 10.2 Å². The van der Waals surface area contributed by atoms with E-state index < -0.39 is 5.91 Å². The van der Waals surface area contributed by atoms with Crippen LogP contribution in [0.4, 0.5) is 0 Å². The van der Waals surface area contributed by atoms with Gasteiger partial charge < -0.3 is 19.8 Å². The fourth-order valence-electron chi connectivity index (χ4n) is 2.57. The van der Waals surface area contributed by atoms with Gasteiger partial charge in [0.2, 0.25) is 18.2 Å². The molecule has 0 saturated heterocycles. The molecule has 0 radical (unpaired) electrons. The first-order valence-corrected chi connectivity index (χ1v) is 8.71. The highest BCUT2D eigenvalue weighted by molar-refractivity contribution is 5.79. The molecule has 144 valence electrons. The van der Waals surface area contributed by atoms with Crippen molar-refractivity contribution in [3.63, 3.8) is 0 Å². The van der Waals surface area contributed by atoms with E-state index in [4.69, 9.17) is 14.9 Å². The molecule has 0 fully saturated rings. The number of hydrogen-bond donors (Lipinski definition) is 1. The van der Waals surface area contributed by atoms with Crippen LogP contribution in [0.15, 0.2) is 65.4 Å². The number of carbonyl (C=O) groups excluding carboxylic acids is 2. The largest absolute Gasteiger partial charge is 0.484 e. The van der Waals surface area contributed by atoms with Crippen LogP contribution in [0.25, 0.3) is 11.5 Å². The summed E-state index contributed by atoms with van der Waals surface area (Å²) in [4.78, 5) is 25.3. The highest BCUT2D eigenvalue weighted by Crippen LogP contribution is 2.20. The normalized spacial score (nSPS) is 10.4. The van der Waals surface area contributed by atoms with Crippen LogP contribution < -0.4 is 10.5 Å². The van der Waals surface area contributed by atoms with Crippen LogP contribution >= 0.6 is 0 Å². The van der Waals surface area contributed by atoms with Gasteiger partial charge in [0.25, 0.3) is 5.91 Å². The van der Waals surface area contributed by atoms with E-state index in [1.165, 1.54) is 6.39 Å². The molecule has 1 aromatic heterocycles. The van der Waals surface area contributed by atoms with Gasteiger partial charge >= 0.3 is 0 Å². The van der Waals surface area contributed by atoms with Gasteiger partial charge in [-0.25, -0.2) is 0 Å². The number of benzene rings is 2. The SMILES string of the molecule is NC(=O)CCN(Cc1ccccc1)C(=O)COc1ccc(-c2nnco2)cc1. The molecule has 8 nitrogen and oxygen atoms in total. The van der Waals surface area contributed by atoms with Crippen molar-refractivity contribution in [3.8, 4) is 17.2 Å². The molecule has 0 saturated carbocycles. The first-order valence-electron chi connectivity index (χ1n) is 8.71. The maximum atomic E-state index is 12.6. The Kier molecular flexibility index (Phi) is 6.35. The highest BCUT2D eigenvalue weighted by Gasteiger charge is 2.16. The Hall–Kier alpha value is -3.68. The Morgan fingerprint density at radius 1 is 1.07 bits per heavy atom. The third-order valence-electron chi connectivity index (χ3n) is 4.02. The number of aromatic nitrogens is 2. The van der Waals surface area contributed by atoms with Crippen LogP contribution in [0.2, 0.25) is 0 Å². The molecule has 0 aliphatic heterocycles. The van der Waals surface area contributed by atoms with Crippen LogP contribution in [0.5, 0.6) is 5.75 Å². The van der Waals surface area contributed by atoms with Crippen molar-refractivity contribution in [3.05, 3.63) is 66.6 Å². The summed E-state index contributed by atoms with van der Waals surface area (Å²) in [7, 11) is 0. The number of hydrogen-bond acceptors (Lipinski definition) is 6. The third-order valence-corrected chi connectivity index (χ3v) is 4.02.